The molecule has 0 bridgehead atoms. The Morgan fingerprint density at radius 1 is 1.25 bits per heavy atom. The Hall–Kier alpha value is -1.88. The monoisotopic (exact) mass is 345 g/mol. The van der Waals surface area contributed by atoms with Crippen molar-refractivity contribution in [1.29, 1.82) is 0 Å². The molecule has 1 aliphatic rings. The molecule has 1 fully saturated rings. The topological polar surface area (TPSA) is 57.6 Å². The fourth-order valence-corrected chi connectivity index (χ4v) is 5.39. The van der Waals surface area contributed by atoms with E-state index in [2.05, 4.69) is 33.9 Å². The van der Waals surface area contributed by atoms with Crippen LogP contribution in [0.5, 0.6) is 0 Å². The lowest BCUT2D eigenvalue weighted by molar-refractivity contribution is -0.163. The van der Waals surface area contributed by atoms with Crippen LogP contribution in [-0.2, 0) is 9.59 Å². The molecule has 24 heavy (non-hydrogen) atoms. The van der Waals surface area contributed by atoms with Gasteiger partial charge in [-0.05, 0) is 17.0 Å². The number of nitrogens with zero attached hydrogens (tertiary/aromatic N) is 1. The van der Waals surface area contributed by atoms with Crippen LogP contribution in [0.2, 0.25) is 18.1 Å². The second kappa shape index (κ2) is 6.55. The third-order valence-corrected chi connectivity index (χ3v) is 10.8. The van der Waals surface area contributed by atoms with Gasteiger partial charge in [0.2, 0.25) is 5.91 Å². The number of β-lactam (4-membered cyclic amide) rings is 1. The van der Waals surface area contributed by atoms with Crippen molar-refractivity contribution in [2.24, 2.45) is 5.92 Å². The SMILES string of the molecule is CC(C)(C)[Si](C)(C)N1C(=O)[C@H](CC=Cc2ccccc2)[C@H]1C(=O)O. The molecular formula is C19H27NO3Si. The number of rotatable bonds is 5. The predicted molar refractivity (Wildman–Crippen MR) is 99.0 cm³/mol. The van der Waals surface area contributed by atoms with Crippen LogP contribution in [0.3, 0.4) is 0 Å². The molecule has 0 radical (unpaired) electrons. The van der Waals surface area contributed by atoms with E-state index < -0.39 is 26.2 Å². The number of carboxylic acid groups (broad SMARTS) is 1. The standard InChI is InChI=1S/C19H27NO3Si/c1-19(2,3)24(4,5)20-16(18(22)23)15(17(20)21)13-9-12-14-10-7-6-8-11-14/h6-12,15-16H,13H2,1-5H3,(H,22,23)/t15-,16+/m1/s1. The molecular weight excluding hydrogens is 318 g/mol. The average molecular weight is 346 g/mol. The lowest BCUT2D eigenvalue weighted by atomic mass is 9.87. The van der Waals surface area contributed by atoms with E-state index >= 15 is 0 Å². The van der Waals surface area contributed by atoms with E-state index in [1.165, 1.54) is 0 Å². The minimum atomic E-state index is -2.18. The average Bonchev–Trinajstić information content (AvgIpc) is 2.48. The van der Waals surface area contributed by atoms with Gasteiger partial charge in [0, 0.05) is 0 Å². The molecule has 0 saturated carbocycles. The Morgan fingerprint density at radius 3 is 2.33 bits per heavy atom. The van der Waals surface area contributed by atoms with Crippen molar-refractivity contribution in [2.75, 3.05) is 0 Å². The number of carbonyl (C=O) groups is 2. The molecule has 0 aliphatic carbocycles. The number of carboxylic acids is 1. The lowest BCUT2D eigenvalue weighted by Crippen LogP contribution is -2.74. The van der Waals surface area contributed by atoms with E-state index in [1.54, 1.807) is 4.57 Å². The Bertz CT molecular complexity index is 646. The first-order valence-corrected chi connectivity index (χ1v) is 11.3. The minimum absolute atomic E-state index is 0.00768. The molecule has 4 nitrogen and oxygen atoms in total. The summed E-state index contributed by atoms with van der Waals surface area (Å²) in [4.78, 5) is 24.4. The molecule has 1 amide bonds. The fourth-order valence-electron chi connectivity index (χ4n) is 2.96. The molecule has 1 saturated heterocycles. The van der Waals surface area contributed by atoms with Crippen LogP contribution in [0.4, 0.5) is 0 Å². The summed E-state index contributed by atoms with van der Waals surface area (Å²) in [5.74, 6) is -1.35. The summed E-state index contributed by atoms with van der Waals surface area (Å²) < 4.78 is 1.69. The van der Waals surface area contributed by atoms with E-state index in [0.717, 1.165) is 5.56 Å². The maximum absolute atomic E-state index is 12.7. The first kappa shape index (κ1) is 18.5. The quantitative estimate of drug-likeness (QED) is 0.648. The van der Waals surface area contributed by atoms with E-state index in [4.69, 9.17) is 0 Å². The summed E-state index contributed by atoms with van der Waals surface area (Å²) in [5.41, 5.74) is 1.05. The summed E-state index contributed by atoms with van der Waals surface area (Å²) in [6.45, 7) is 10.4. The van der Waals surface area contributed by atoms with Gasteiger partial charge < -0.3 is 9.67 Å². The summed E-state index contributed by atoms with van der Waals surface area (Å²) in [6, 6.07) is 9.12. The highest BCUT2D eigenvalue weighted by atomic mass is 28.3. The van der Waals surface area contributed by atoms with Crippen molar-refractivity contribution in [1.82, 2.24) is 4.57 Å². The number of amides is 1. The zero-order chi connectivity index (χ0) is 18.1. The molecule has 1 aliphatic heterocycles. The van der Waals surface area contributed by atoms with Crippen LogP contribution < -0.4 is 0 Å². The maximum atomic E-state index is 12.7. The van der Waals surface area contributed by atoms with Crippen LogP contribution in [0.25, 0.3) is 6.08 Å². The van der Waals surface area contributed by atoms with Crippen molar-refractivity contribution in [2.45, 2.75) is 51.4 Å². The smallest absolute Gasteiger partial charge is 0.326 e. The molecule has 1 heterocycles. The normalized spacial score (nSPS) is 21.9. The van der Waals surface area contributed by atoms with Gasteiger partial charge in [0.15, 0.2) is 8.24 Å². The highest BCUT2D eigenvalue weighted by Crippen LogP contribution is 2.45. The van der Waals surface area contributed by atoms with Crippen LogP contribution in [0.1, 0.15) is 32.8 Å². The van der Waals surface area contributed by atoms with Crippen molar-refractivity contribution in [3.63, 3.8) is 0 Å². The Morgan fingerprint density at radius 2 is 1.83 bits per heavy atom. The van der Waals surface area contributed by atoms with Crippen LogP contribution in [0.15, 0.2) is 36.4 Å². The first-order valence-electron chi connectivity index (χ1n) is 8.35. The summed E-state index contributed by atoms with van der Waals surface area (Å²) in [6.07, 6.45) is 4.33. The van der Waals surface area contributed by atoms with Gasteiger partial charge in [0.05, 0.1) is 5.92 Å². The maximum Gasteiger partial charge on any atom is 0.326 e. The molecule has 0 unspecified atom stereocenters. The third-order valence-electron chi connectivity index (χ3n) is 5.40. The molecule has 1 aromatic rings. The van der Waals surface area contributed by atoms with Crippen molar-refractivity contribution >= 4 is 26.2 Å². The summed E-state index contributed by atoms with van der Waals surface area (Å²) >= 11 is 0. The zero-order valence-electron chi connectivity index (χ0n) is 15.1. The van der Waals surface area contributed by atoms with Crippen LogP contribution in [-0.4, -0.2) is 35.8 Å². The van der Waals surface area contributed by atoms with E-state index in [1.807, 2.05) is 42.5 Å². The number of allylic oxidation sites excluding steroid dienone is 1. The number of hydrogen-bond donors (Lipinski definition) is 1. The fraction of sp³-hybridized carbons (Fsp3) is 0.474. The Balaban J connectivity index is 2.14. The molecule has 5 heteroatoms. The third kappa shape index (κ3) is 3.31. The van der Waals surface area contributed by atoms with E-state index in [0.29, 0.717) is 6.42 Å². The lowest BCUT2D eigenvalue weighted by Gasteiger charge is -2.56. The van der Waals surface area contributed by atoms with Gasteiger partial charge in [-0.15, -0.1) is 0 Å². The van der Waals surface area contributed by atoms with Gasteiger partial charge in [0.1, 0.15) is 6.04 Å². The second-order valence-corrected chi connectivity index (χ2v) is 13.1. The summed E-state index contributed by atoms with van der Waals surface area (Å²) in [7, 11) is -2.18. The molecule has 1 aromatic carbocycles. The number of hydrogen-bond acceptors (Lipinski definition) is 2. The van der Waals surface area contributed by atoms with Gasteiger partial charge in [0.25, 0.3) is 0 Å². The Labute approximate surface area is 145 Å². The van der Waals surface area contributed by atoms with E-state index in [9.17, 15) is 14.7 Å². The summed E-state index contributed by atoms with van der Waals surface area (Å²) in [5, 5.41) is 9.57. The van der Waals surface area contributed by atoms with Gasteiger partial charge in [-0.3, -0.25) is 4.79 Å². The largest absolute Gasteiger partial charge is 0.480 e. The molecule has 1 N–H and O–H groups in total. The van der Waals surface area contributed by atoms with Gasteiger partial charge in [-0.1, -0.05) is 76.3 Å². The zero-order valence-corrected chi connectivity index (χ0v) is 16.1. The minimum Gasteiger partial charge on any atom is -0.480 e. The molecule has 2 atom stereocenters. The molecule has 0 aromatic heterocycles. The van der Waals surface area contributed by atoms with Gasteiger partial charge in [-0.25, -0.2) is 4.79 Å². The number of aliphatic carboxylic acids is 1. The highest BCUT2D eigenvalue weighted by Gasteiger charge is 2.59. The molecule has 0 spiro atoms. The number of benzene rings is 1. The predicted octanol–water partition coefficient (Wildman–Crippen LogP) is 4.01. The molecule has 2 rings (SSSR count). The molecule has 130 valence electrons. The first-order chi connectivity index (χ1) is 11.1. The number of carbonyl (C=O) groups excluding carboxylic acids is 1. The van der Waals surface area contributed by atoms with E-state index in [-0.39, 0.29) is 10.9 Å². The van der Waals surface area contributed by atoms with Crippen molar-refractivity contribution in [3.8, 4) is 0 Å². The van der Waals surface area contributed by atoms with Crippen molar-refractivity contribution < 1.29 is 14.7 Å². The van der Waals surface area contributed by atoms with Gasteiger partial charge in [-0.2, -0.15) is 0 Å². The second-order valence-electron chi connectivity index (χ2n) is 7.96. The Kier molecular flexibility index (Phi) is 5.04. The van der Waals surface area contributed by atoms with Gasteiger partial charge >= 0.3 is 5.97 Å². The highest BCUT2D eigenvalue weighted by molar-refractivity contribution is 6.80. The van der Waals surface area contributed by atoms with Crippen molar-refractivity contribution in [3.05, 3.63) is 42.0 Å². The van der Waals surface area contributed by atoms with Crippen LogP contribution >= 0.6 is 0 Å². The van der Waals surface area contributed by atoms with Crippen LogP contribution in [0, 0.1) is 5.92 Å².